The molecular formula is C18H36IN5O2. The Bertz CT molecular complexity index is 441. The summed E-state index contributed by atoms with van der Waals surface area (Å²) in [5.41, 5.74) is 5.45. The number of nitrogens with one attached hydrogen (secondary N) is 1. The molecule has 2 fully saturated rings. The van der Waals surface area contributed by atoms with Crippen LogP contribution in [0.2, 0.25) is 0 Å². The standard InChI is InChI=1S/C18H35N5O2.HI/c1-3-25-16-7-12-23(13-8-16)18(20-2)21-9-5-11-22-10-4-6-15(14-22)17(19)24;/h15-16H,3-14H2,1-2H3,(H2,19,24)(H,20,21);1H. The van der Waals surface area contributed by atoms with Crippen molar-refractivity contribution < 1.29 is 9.53 Å². The van der Waals surface area contributed by atoms with Crippen molar-refractivity contribution in [3.8, 4) is 0 Å². The fourth-order valence-corrected chi connectivity index (χ4v) is 3.80. The quantitative estimate of drug-likeness (QED) is 0.248. The molecule has 0 aromatic carbocycles. The summed E-state index contributed by atoms with van der Waals surface area (Å²) in [7, 11) is 1.85. The summed E-state index contributed by atoms with van der Waals surface area (Å²) in [4.78, 5) is 20.4. The molecule has 1 amide bonds. The number of halogens is 1. The second-order valence-electron chi connectivity index (χ2n) is 7.01. The monoisotopic (exact) mass is 481 g/mol. The molecule has 0 aromatic rings. The molecule has 8 heteroatoms. The van der Waals surface area contributed by atoms with Gasteiger partial charge in [0.2, 0.25) is 5.91 Å². The summed E-state index contributed by atoms with van der Waals surface area (Å²) in [6.45, 7) is 8.63. The molecule has 2 heterocycles. The van der Waals surface area contributed by atoms with Crippen LogP contribution in [0.5, 0.6) is 0 Å². The number of carbonyl (C=O) groups is 1. The first-order chi connectivity index (χ1) is 12.1. The highest BCUT2D eigenvalue weighted by Gasteiger charge is 2.24. The lowest BCUT2D eigenvalue weighted by Crippen LogP contribution is -2.47. The van der Waals surface area contributed by atoms with Crippen LogP contribution < -0.4 is 11.1 Å². The number of guanidine groups is 1. The van der Waals surface area contributed by atoms with Gasteiger partial charge in [-0.3, -0.25) is 9.79 Å². The van der Waals surface area contributed by atoms with E-state index in [2.05, 4.69) is 27.0 Å². The van der Waals surface area contributed by atoms with E-state index in [1.54, 1.807) is 0 Å². The van der Waals surface area contributed by atoms with Gasteiger partial charge in [-0.15, -0.1) is 24.0 Å². The maximum atomic E-state index is 11.4. The molecule has 7 nitrogen and oxygen atoms in total. The van der Waals surface area contributed by atoms with E-state index in [4.69, 9.17) is 10.5 Å². The Hall–Kier alpha value is -0.610. The lowest BCUT2D eigenvalue weighted by molar-refractivity contribution is -0.123. The third-order valence-electron chi connectivity index (χ3n) is 5.20. The van der Waals surface area contributed by atoms with Crippen molar-refractivity contribution >= 4 is 35.8 Å². The Kier molecular flexibility index (Phi) is 11.5. The van der Waals surface area contributed by atoms with E-state index in [9.17, 15) is 4.79 Å². The van der Waals surface area contributed by atoms with Gasteiger partial charge in [0.05, 0.1) is 12.0 Å². The van der Waals surface area contributed by atoms with Gasteiger partial charge in [-0.1, -0.05) is 0 Å². The van der Waals surface area contributed by atoms with Gasteiger partial charge < -0.3 is 25.6 Å². The van der Waals surface area contributed by atoms with Crippen molar-refractivity contribution in [3.63, 3.8) is 0 Å². The van der Waals surface area contributed by atoms with Gasteiger partial charge in [0.1, 0.15) is 0 Å². The average molecular weight is 481 g/mol. The van der Waals surface area contributed by atoms with Crippen LogP contribution in [-0.2, 0) is 9.53 Å². The summed E-state index contributed by atoms with van der Waals surface area (Å²) in [5, 5.41) is 3.48. The topological polar surface area (TPSA) is 83.2 Å². The second kappa shape index (κ2) is 12.7. The minimum Gasteiger partial charge on any atom is -0.378 e. The van der Waals surface area contributed by atoms with E-state index in [0.29, 0.717) is 6.10 Å². The zero-order valence-corrected chi connectivity index (χ0v) is 18.6. The minimum atomic E-state index is -0.154. The van der Waals surface area contributed by atoms with Crippen LogP contribution in [0.3, 0.4) is 0 Å². The van der Waals surface area contributed by atoms with Crippen LogP contribution in [0.4, 0.5) is 0 Å². The first kappa shape index (κ1) is 23.4. The van der Waals surface area contributed by atoms with Crippen molar-refractivity contribution in [1.82, 2.24) is 15.1 Å². The number of piperidine rings is 2. The van der Waals surface area contributed by atoms with Crippen molar-refractivity contribution in [2.24, 2.45) is 16.6 Å². The molecule has 0 spiro atoms. The number of ether oxygens (including phenoxy) is 1. The smallest absolute Gasteiger partial charge is 0.221 e. The minimum absolute atomic E-state index is 0. The molecule has 3 N–H and O–H groups in total. The number of nitrogens with two attached hydrogens (primary N) is 1. The van der Waals surface area contributed by atoms with Gasteiger partial charge >= 0.3 is 0 Å². The molecule has 0 radical (unpaired) electrons. The Balaban J connectivity index is 0.00000338. The van der Waals surface area contributed by atoms with Gasteiger partial charge in [-0.05, 0) is 52.1 Å². The third-order valence-corrected chi connectivity index (χ3v) is 5.20. The predicted molar refractivity (Wildman–Crippen MR) is 116 cm³/mol. The molecule has 2 aliphatic rings. The molecule has 0 bridgehead atoms. The molecular weight excluding hydrogens is 445 g/mol. The molecule has 2 saturated heterocycles. The van der Waals surface area contributed by atoms with Crippen LogP contribution in [0.15, 0.2) is 4.99 Å². The van der Waals surface area contributed by atoms with Gasteiger partial charge in [0.25, 0.3) is 0 Å². The van der Waals surface area contributed by atoms with Crippen LogP contribution in [0, 0.1) is 5.92 Å². The van der Waals surface area contributed by atoms with E-state index in [-0.39, 0.29) is 35.8 Å². The van der Waals surface area contributed by atoms with Gasteiger partial charge in [-0.2, -0.15) is 0 Å². The maximum Gasteiger partial charge on any atom is 0.221 e. The molecule has 2 rings (SSSR count). The number of rotatable bonds is 7. The van der Waals surface area contributed by atoms with E-state index >= 15 is 0 Å². The molecule has 26 heavy (non-hydrogen) atoms. The number of carbonyl (C=O) groups excluding carboxylic acids is 1. The Morgan fingerprint density at radius 1 is 1.27 bits per heavy atom. The highest BCUT2D eigenvalue weighted by Crippen LogP contribution is 2.16. The number of nitrogens with zero attached hydrogens (tertiary/aromatic N) is 3. The van der Waals surface area contributed by atoms with Crippen molar-refractivity contribution in [2.75, 3.05) is 52.9 Å². The normalized spacial score (nSPS) is 22.8. The number of amides is 1. The molecule has 2 aliphatic heterocycles. The Morgan fingerprint density at radius 3 is 2.62 bits per heavy atom. The predicted octanol–water partition coefficient (Wildman–Crippen LogP) is 1.27. The largest absolute Gasteiger partial charge is 0.378 e. The number of hydrogen-bond acceptors (Lipinski definition) is 4. The lowest BCUT2D eigenvalue weighted by Gasteiger charge is -2.34. The summed E-state index contributed by atoms with van der Waals surface area (Å²) >= 11 is 0. The first-order valence-electron chi connectivity index (χ1n) is 9.73. The summed E-state index contributed by atoms with van der Waals surface area (Å²) < 4.78 is 5.71. The van der Waals surface area contributed by atoms with Crippen LogP contribution in [0.1, 0.15) is 39.0 Å². The molecule has 1 unspecified atom stereocenters. The zero-order chi connectivity index (χ0) is 18.1. The van der Waals surface area contributed by atoms with Gasteiger partial charge in [0, 0.05) is 39.8 Å². The highest BCUT2D eigenvalue weighted by atomic mass is 127. The van der Waals surface area contributed by atoms with Crippen LogP contribution in [0.25, 0.3) is 0 Å². The number of hydrogen-bond donors (Lipinski definition) is 2. The molecule has 1 atom stereocenters. The maximum absolute atomic E-state index is 11.4. The zero-order valence-electron chi connectivity index (χ0n) is 16.3. The van der Waals surface area contributed by atoms with Crippen LogP contribution in [-0.4, -0.2) is 80.7 Å². The fraction of sp³-hybridized carbons (Fsp3) is 0.889. The number of primary amides is 1. The van der Waals surface area contributed by atoms with E-state index in [0.717, 1.165) is 83.9 Å². The van der Waals surface area contributed by atoms with E-state index in [1.807, 2.05) is 7.05 Å². The lowest BCUT2D eigenvalue weighted by atomic mass is 9.97. The van der Waals surface area contributed by atoms with Crippen molar-refractivity contribution in [3.05, 3.63) is 0 Å². The Labute approximate surface area is 175 Å². The van der Waals surface area contributed by atoms with Crippen molar-refractivity contribution in [2.45, 2.75) is 45.1 Å². The van der Waals surface area contributed by atoms with Gasteiger partial charge in [-0.25, -0.2) is 0 Å². The van der Waals surface area contributed by atoms with Crippen molar-refractivity contribution in [1.29, 1.82) is 0 Å². The summed E-state index contributed by atoms with van der Waals surface area (Å²) in [6.07, 6.45) is 5.58. The average Bonchev–Trinajstić information content (AvgIpc) is 2.63. The first-order valence-corrected chi connectivity index (χ1v) is 9.73. The second-order valence-corrected chi connectivity index (χ2v) is 7.01. The van der Waals surface area contributed by atoms with Gasteiger partial charge in [0.15, 0.2) is 5.96 Å². The molecule has 0 aliphatic carbocycles. The molecule has 0 aromatic heterocycles. The molecule has 0 saturated carbocycles. The molecule has 152 valence electrons. The highest BCUT2D eigenvalue weighted by molar-refractivity contribution is 14.0. The number of aliphatic imine (C=N–C) groups is 1. The summed E-state index contributed by atoms with van der Waals surface area (Å²) in [6, 6.07) is 0. The Morgan fingerprint density at radius 2 is 2.00 bits per heavy atom. The number of likely N-dealkylation sites (tertiary alicyclic amines) is 2. The van der Waals surface area contributed by atoms with E-state index in [1.165, 1.54) is 0 Å². The third kappa shape index (κ3) is 7.56. The van der Waals surface area contributed by atoms with Crippen LogP contribution >= 0.6 is 24.0 Å². The fourth-order valence-electron chi connectivity index (χ4n) is 3.80. The SMILES string of the molecule is CCOC1CCN(C(=NC)NCCCN2CCCC(C(N)=O)C2)CC1.I. The van der Waals surface area contributed by atoms with E-state index < -0.39 is 0 Å². The summed E-state index contributed by atoms with van der Waals surface area (Å²) in [5.74, 6) is 0.864.